The fourth-order valence-electron chi connectivity index (χ4n) is 2.45. The zero-order valence-electron chi connectivity index (χ0n) is 11.8. The second-order valence-electron chi connectivity index (χ2n) is 5.35. The molecule has 21 heavy (non-hydrogen) atoms. The Balaban J connectivity index is 1.92. The maximum absolute atomic E-state index is 12.0. The van der Waals surface area contributed by atoms with Gasteiger partial charge in [-0.15, -0.1) is 0 Å². The van der Waals surface area contributed by atoms with Crippen LogP contribution in [0.5, 0.6) is 0 Å². The van der Waals surface area contributed by atoms with Gasteiger partial charge in [-0.05, 0) is 36.5 Å². The molecular formula is C17H15N3O. The first-order valence-electron chi connectivity index (χ1n) is 6.88. The van der Waals surface area contributed by atoms with E-state index in [1.54, 1.807) is 18.3 Å². The molecule has 4 heteroatoms. The minimum Gasteiger partial charge on any atom is -0.384 e. The Labute approximate surface area is 123 Å². The SMILES string of the molecule is CC1CC(=O)c2cc(C#Cc3cccc(N)n3)cnc2C1. The van der Waals surface area contributed by atoms with Gasteiger partial charge in [-0.1, -0.05) is 18.9 Å². The fourth-order valence-corrected chi connectivity index (χ4v) is 2.45. The third-order valence-corrected chi connectivity index (χ3v) is 3.45. The molecule has 3 rings (SSSR count). The van der Waals surface area contributed by atoms with Crippen molar-refractivity contribution in [1.29, 1.82) is 0 Å². The Morgan fingerprint density at radius 3 is 2.95 bits per heavy atom. The molecule has 2 aromatic rings. The summed E-state index contributed by atoms with van der Waals surface area (Å²) in [6.45, 7) is 2.07. The lowest BCUT2D eigenvalue weighted by Gasteiger charge is -2.19. The van der Waals surface area contributed by atoms with Crippen molar-refractivity contribution in [1.82, 2.24) is 9.97 Å². The number of pyridine rings is 2. The van der Waals surface area contributed by atoms with E-state index in [-0.39, 0.29) is 5.78 Å². The van der Waals surface area contributed by atoms with Crippen LogP contribution in [0, 0.1) is 17.8 Å². The maximum atomic E-state index is 12.0. The maximum Gasteiger partial charge on any atom is 0.165 e. The normalized spacial score (nSPS) is 16.8. The largest absolute Gasteiger partial charge is 0.384 e. The van der Waals surface area contributed by atoms with Gasteiger partial charge in [-0.25, -0.2) is 4.98 Å². The summed E-state index contributed by atoms with van der Waals surface area (Å²) >= 11 is 0. The second kappa shape index (κ2) is 5.37. The Morgan fingerprint density at radius 2 is 2.14 bits per heavy atom. The number of ketones is 1. The number of Topliss-reactive ketones (excluding diaryl/α,β-unsaturated/α-hetero) is 1. The average Bonchev–Trinajstić information content (AvgIpc) is 2.45. The van der Waals surface area contributed by atoms with Gasteiger partial charge in [0.15, 0.2) is 5.78 Å². The summed E-state index contributed by atoms with van der Waals surface area (Å²) in [7, 11) is 0. The van der Waals surface area contributed by atoms with Gasteiger partial charge in [-0.3, -0.25) is 9.78 Å². The molecule has 0 spiro atoms. The molecule has 0 saturated carbocycles. The number of hydrogen-bond acceptors (Lipinski definition) is 4. The second-order valence-corrected chi connectivity index (χ2v) is 5.35. The van der Waals surface area contributed by atoms with Crippen LogP contribution in [0.3, 0.4) is 0 Å². The molecule has 0 saturated heterocycles. The molecule has 0 bridgehead atoms. The van der Waals surface area contributed by atoms with Crippen molar-refractivity contribution in [2.75, 3.05) is 5.73 Å². The lowest BCUT2D eigenvalue weighted by molar-refractivity contribution is 0.0952. The molecule has 4 nitrogen and oxygen atoms in total. The monoisotopic (exact) mass is 277 g/mol. The number of fused-ring (bicyclic) bond motifs is 1. The van der Waals surface area contributed by atoms with Gasteiger partial charge in [0.2, 0.25) is 0 Å². The number of aromatic nitrogens is 2. The van der Waals surface area contributed by atoms with Crippen molar-refractivity contribution in [2.24, 2.45) is 5.92 Å². The highest BCUT2D eigenvalue weighted by atomic mass is 16.1. The van der Waals surface area contributed by atoms with Crippen molar-refractivity contribution in [3.05, 3.63) is 53.0 Å². The van der Waals surface area contributed by atoms with E-state index in [9.17, 15) is 4.79 Å². The zero-order chi connectivity index (χ0) is 14.8. The third kappa shape index (κ3) is 2.92. The van der Waals surface area contributed by atoms with Gasteiger partial charge >= 0.3 is 0 Å². The quantitative estimate of drug-likeness (QED) is 0.750. The molecule has 2 N–H and O–H groups in total. The van der Waals surface area contributed by atoms with Gasteiger partial charge < -0.3 is 5.73 Å². The summed E-state index contributed by atoms with van der Waals surface area (Å²) in [5.41, 5.74) is 8.53. The van der Waals surface area contributed by atoms with Crippen molar-refractivity contribution in [3.63, 3.8) is 0 Å². The fraction of sp³-hybridized carbons (Fsp3) is 0.235. The van der Waals surface area contributed by atoms with E-state index in [1.807, 2.05) is 12.1 Å². The molecule has 0 fully saturated rings. The summed E-state index contributed by atoms with van der Waals surface area (Å²) in [5.74, 6) is 6.89. The van der Waals surface area contributed by atoms with Crippen LogP contribution in [0.2, 0.25) is 0 Å². The van der Waals surface area contributed by atoms with Crippen LogP contribution in [-0.2, 0) is 6.42 Å². The summed E-state index contributed by atoms with van der Waals surface area (Å²) in [6, 6.07) is 7.14. The molecule has 104 valence electrons. The predicted molar refractivity (Wildman–Crippen MR) is 80.7 cm³/mol. The van der Waals surface area contributed by atoms with Crippen molar-refractivity contribution in [3.8, 4) is 11.8 Å². The Kier molecular flexibility index (Phi) is 3.41. The Bertz CT molecular complexity index is 771. The number of nitrogens with two attached hydrogens (primary N) is 1. The van der Waals surface area contributed by atoms with Crippen molar-refractivity contribution in [2.45, 2.75) is 19.8 Å². The first-order chi connectivity index (χ1) is 10.1. The molecule has 1 atom stereocenters. The Morgan fingerprint density at radius 1 is 1.29 bits per heavy atom. The average molecular weight is 277 g/mol. The van der Waals surface area contributed by atoms with E-state index in [4.69, 9.17) is 5.73 Å². The lowest BCUT2D eigenvalue weighted by atomic mass is 9.87. The van der Waals surface area contributed by atoms with Gasteiger partial charge in [-0.2, -0.15) is 0 Å². The molecule has 2 heterocycles. The number of anilines is 1. The minimum atomic E-state index is 0.155. The van der Waals surface area contributed by atoms with Crippen molar-refractivity contribution < 1.29 is 4.79 Å². The molecular weight excluding hydrogens is 262 g/mol. The highest BCUT2D eigenvalue weighted by molar-refractivity contribution is 5.98. The summed E-state index contributed by atoms with van der Waals surface area (Å²) in [6.07, 6.45) is 3.15. The van der Waals surface area contributed by atoms with Gasteiger partial charge in [0.25, 0.3) is 0 Å². The molecule has 2 aromatic heterocycles. The van der Waals surface area contributed by atoms with Crippen LogP contribution in [0.4, 0.5) is 5.82 Å². The number of rotatable bonds is 0. The van der Waals surface area contributed by atoms with E-state index < -0.39 is 0 Å². The number of carbonyl (C=O) groups is 1. The van der Waals surface area contributed by atoms with Crippen LogP contribution < -0.4 is 5.73 Å². The lowest BCUT2D eigenvalue weighted by Crippen LogP contribution is -2.19. The molecule has 0 radical (unpaired) electrons. The summed E-state index contributed by atoms with van der Waals surface area (Å²) in [4.78, 5) is 20.5. The third-order valence-electron chi connectivity index (χ3n) is 3.45. The molecule has 1 aliphatic rings. The smallest absolute Gasteiger partial charge is 0.165 e. The highest BCUT2D eigenvalue weighted by Crippen LogP contribution is 2.24. The molecule has 0 amide bonds. The van der Waals surface area contributed by atoms with Crippen LogP contribution >= 0.6 is 0 Å². The number of nitrogen functional groups attached to an aromatic ring is 1. The molecule has 1 unspecified atom stereocenters. The van der Waals surface area contributed by atoms with Crippen LogP contribution in [-0.4, -0.2) is 15.8 Å². The van der Waals surface area contributed by atoms with Gasteiger partial charge in [0.1, 0.15) is 11.5 Å². The van der Waals surface area contributed by atoms with E-state index >= 15 is 0 Å². The van der Waals surface area contributed by atoms with E-state index in [0.29, 0.717) is 29.4 Å². The van der Waals surface area contributed by atoms with E-state index in [2.05, 4.69) is 28.7 Å². The van der Waals surface area contributed by atoms with Gasteiger partial charge in [0, 0.05) is 23.7 Å². The standard InChI is InChI=1S/C17H15N3O/c1-11-7-15-14(16(21)8-11)9-12(10-19-15)5-6-13-3-2-4-17(18)20-13/h2-4,9-11H,7-8H2,1H3,(H2,18,20). The van der Waals surface area contributed by atoms with Crippen LogP contribution in [0.1, 0.15) is 40.7 Å². The first-order valence-corrected chi connectivity index (χ1v) is 6.88. The molecule has 1 aliphatic carbocycles. The molecule has 0 aliphatic heterocycles. The number of hydrogen-bond donors (Lipinski definition) is 1. The molecule has 0 aromatic carbocycles. The number of nitrogens with zero attached hydrogens (tertiary/aromatic N) is 2. The highest BCUT2D eigenvalue weighted by Gasteiger charge is 2.23. The van der Waals surface area contributed by atoms with Crippen LogP contribution in [0.15, 0.2) is 30.5 Å². The topological polar surface area (TPSA) is 68.9 Å². The van der Waals surface area contributed by atoms with E-state index in [0.717, 1.165) is 17.7 Å². The summed E-state index contributed by atoms with van der Waals surface area (Å²) in [5, 5.41) is 0. The van der Waals surface area contributed by atoms with Crippen molar-refractivity contribution >= 4 is 11.6 Å². The minimum absolute atomic E-state index is 0.155. The zero-order valence-corrected chi connectivity index (χ0v) is 11.8. The summed E-state index contributed by atoms with van der Waals surface area (Å²) < 4.78 is 0. The number of carbonyl (C=O) groups excluding carboxylic acids is 1. The van der Waals surface area contributed by atoms with Crippen LogP contribution in [0.25, 0.3) is 0 Å². The predicted octanol–water partition coefficient (Wildman–Crippen LogP) is 2.22. The van der Waals surface area contributed by atoms with E-state index in [1.165, 1.54) is 0 Å². The van der Waals surface area contributed by atoms with Gasteiger partial charge in [0.05, 0.1) is 5.69 Å². The first kappa shape index (κ1) is 13.3. The Hall–Kier alpha value is -2.67.